The van der Waals surface area contributed by atoms with Crippen LogP contribution < -0.4 is 0 Å². The summed E-state index contributed by atoms with van der Waals surface area (Å²) in [6, 6.07) is 0. The number of carbonyl (C=O) groups is 1. The molecular formula is C22H42O2. The third-order valence-corrected chi connectivity index (χ3v) is 5.71. The molecule has 0 amide bonds. The molecule has 142 valence electrons. The van der Waals surface area contributed by atoms with Gasteiger partial charge in [-0.25, -0.2) is 0 Å². The Kier molecular flexibility index (Phi) is 12.5. The normalized spacial score (nSPS) is 17.1. The van der Waals surface area contributed by atoms with Crippen LogP contribution in [-0.2, 0) is 4.79 Å². The van der Waals surface area contributed by atoms with Crippen molar-refractivity contribution in [3.63, 3.8) is 0 Å². The smallest absolute Gasteiger partial charge is 0.164 e. The van der Waals surface area contributed by atoms with E-state index >= 15 is 0 Å². The van der Waals surface area contributed by atoms with Crippen LogP contribution in [0.15, 0.2) is 0 Å². The van der Waals surface area contributed by atoms with Gasteiger partial charge in [-0.1, -0.05) is 103 Å². The van der Waals surface area contributed by atoms with E-state index in [9.17, 15) is 9.90 Å². The van der Waals surface area contributed by atoms with E-state index in [4.69, 9.17) is 0 Å². The van der Waals surface area contributed by atoms with Crippen LogP contribution in [-0.4, -0.2) is 16.5 Å². The maximum absolute atomic E-state index is 12.2. The second kappa shape index (κ2) is 13.9. The SMILES string of the molecule is CCCCCCCCCCCCCCCC(=O)C1(O)CCCCC1. The maximum Gasteiger partial charge on any atom is 0.164 e. The molecule has 0 atom stereocenters. The molecule has 0 spiro atoms. The van der Waals surface area contributed by atoms with E-state index in [0.717, 1.165) is 25.7 Å². The van der Waals surface area contributed by atoms with Crippen molar-refractivity contribution in [1.82, 2.24) is 0 Å². The topological polar surface area (TPSA) is 37.3 Å². The molecule has 2 heteroatoms. The largest absolute Gasteiger partial charge is 0.382 e. The molecule has 1 saturated carbocycles. The average Bonchev–Trinajstić information content (AvgIpc) is 2.59. The molecule has 1 aliphatic carbocycles. The van der Waals surface area contributed by atoms with E-state index in [2.05, 4.69) is 6.92 Å². The van der Waals surface area contributed by atoms with E-state index in [-0.39, 0.29) is 5.78 Å². The minimum absolute atomic E-state index is 0.116. The van der Waals surface area contributed by atoms with Crippen molar-refractivity contribution in [2.24, 2.45) is 0 Å². The number of hydrogen-bond donors (Lipinski definition) is 1. The van der Waals surface area contributed by atoms with Crippen LogP contribution in [0.3, 0.4) is 0 Å². The van der Waals surface area contributed by atoms with Gasteiger partial charge in [-0.05, 0) is 19.3 Å². The Hall–Kier alpha value is -0.370. The Morgan fingerprint density at radius 2 is 1.12 bits per heavy atom. The summed E-state index contributed by atoms with van der Waals surface area (Å²) in [6.07, 6.45) is 22.4. The Labute approximate surface area is 150 Å². The van der Waals surface area contributed by atoms with Crippen LogP contribution >= 0.6 is 0 Å². The molecule has 1 fully saturated rings. The van der Waals surface area contributed by atoms with Gasteiger partial charge in [-0.2, -0.15) is 0 Å². The van der Waals surface area contributed by atoms with Gasteiger partial charge in [0.1, 0.15) is 5.60 Å². The highest BCUT2D eigenvalue weighted by molar-refractivity contribution is 5.87. The molecule has 24 heavy (non-hydrogen) atoms. The lowest BCUT2D eigenvalue weighted by Crippen LogP contribution is -2.40. The number of ketones is 1. The molecular weight excluding hydrogens is 296 g/mol. The van der Waals surface area contributed by atoms with Crippen LogP contribution in [0.2, 0.25) is 0 Å². The zero-order valence-electron chi connectivity index (χ0n) is 16.3. The molecule has 0 unspecified atom stereocenters. The van der Waals surface area contributed by atoms with Crippen LogP contribution in [0.5, 0.6) is 0 Å². The molecule has 0 aliphatic heterocycles. The van der Waals surface area contributed by atoms with Crippen molar-refractivity contribution in [3.8, 4) is 0 Å². The van der Waals surface area contributed by atoms with E-state index in [1.54, 1.807) is 0 Å². The highest BCUT2D eigenvalue weighted by Gasteiger charge is 2.35. The first kappa shape index (κ1) is 21.7. The number of aliphatic hydroxyl groups is 1. The predicted octanol–water partition coefficient (Wildman–Crippen LogP) is 6.73. The van der Waals surface area contributed by atoms with Gasteiger partial charge in [0.2, 0.25) is 0 Å². The quantitative estimate of drug-likeness (QED) is 0.336. The minimum atomic E-state index is -0.963. The molecule has 0 saturated heterocycles. The molecule has 0 bridgehead atoms. The fourth-order valence-electron chi connectivity index (χ4n) is 3.95. The van der Waals surface area contributed by atoms with Crippen LogP contribution in [0.4, 0.5) is 0 Å². The summed E-state index contributed by atoms with van der Waals surface area (Å²) in [7, 11) is 0. The number of Topliss-reactive ketones (excluding diaryl/α,β-unsaturated/α-hetero) is 1. The standard InChI is InChI=1S/C22H42O2/c1-2-3-4-5-6-7-8-9-10-11-12-13-15-18-21(23)22(24)19-16-14-17-20-22/h24H,2-20H2,1H3. The molecule has 0 heterocycles. The van der Waals surface area contributed by atoms with Crippen molar-refractivity contribution in [2.45, 2.75) is 135 Å². The molecule has 0 radical (unpaired) electrons. The minimum Gasteiger partial charge on any atom is -0.382 e. The molecule has 1 rings (SSSR count). The summed E-state index contributed by atoms with van der Waals surface area (Å²) in [5, 5.41) is 10.4. The van der Waals surface area contributed by atoms with Gasteiger partial charge in [0.25, 0.3) is 0 Å². The van der Waals surface area contributed by atoms with Crippen molar-refractivity contribution >= 4 is 5.78 Å². The fraction of sp³-hybridized carbons (Fsp3) is 0.955. The second-order valence-corrected chi connectivity index (χ2v) is 8.01. The average molecular weight is 339 g/mol. The number of rotatable bonds is 15. The van der Waals surface area contributed by atoms with E-state index in [1.165, 1.54) is 77.0 Å². The summed E-state index contributed by atoms with van der Waals surface area (Å²) in [4.78, 5) is 12.2. The highest BCUT2D eigenvalue weighted by Crippen LogP contribution is 2.30. The van der Waals surface area contributed by atoms with E-state index in [0.29, 0.717) is 19.3 Å². The van der Waals surface area contributed by atoms with Crippen LogP contribution in [0.1, 0.15) is 129 Å². The summed E-state index contributed by atoms with van der Waals surface area (Å²) >= 11 is 0. The molecule has 2 nitrogen and oxygen atoms in total. The van der Waals surface area contributed by atoms with Gasteiger partial charge in [0.15, 0.2) is 5.78 Å². The maximum atomic E-state index is 12.2. The van der Waals surface area contributed by atoms with Gasteiger partial charge in [0, 0.05) is 6.42 Å². The summed E-state index contributed by atoms with van der Waals surface area (Å²) in [6.45, 7) is 2.27. The Morgan fingerprint density at radius 3 is 1.58 bits per heavy atom. The fourth-order valence-corrected chi connectivity index (χ4v) is 3.95. The van der Waals surface area contributed by atoms with E-state index < -0.39 is 5.60 Å². The predicted molar refractivity (Wildman–Crippen MR) is 103 cm³/mol. The van der Waals surface area contributed by atoms with Gasteiger partial charge >= 0.3 is 0 Å². The van der Waals surface area contributed by atoms with E-state index in [1.807, 2.05) is 0 Å². The Bertz CT molecular complexity index is 305. The van der Waals surface area contributed by atoms with Crippen molar-refractivity contribution < 1.29 is 9.90 Å². The zero-order chi connectivity index (χ0) is 17.5. The monoisotopic (exact) mass is 338 g/mol. The Balaban J connectivity index is 1.84. The molecule has 1 N–H and O–H groups in total. The molecule has 1 aliphatic rings. The third kappa shape index (κ3) is 9.81. The summed E-state index contributed by atoms with van der Waals surface area (Å²) < 4.78 is 0. The zero-order valence-corrected chi connectivity index (χ0v) is 16.3. The lowest BCUT2D eigenvalue weighted by atomic mass is 9.80. The number of unbranched alkanes of at least 4 members (excludes halogenated alkanes) is 12. The third-order valence-electron chi connectivity index (χ3n) is 5.71. The van der Waals surface area contributed by atoms with Crippen LogP contribution in [0, 0.1) is 0 Å². The van der Waals surface area contributed by atoms with Gasteiger partial charge in [-0.15, -0.1) is 0 Å². The second-order valence-electron chi connectivity index (χ2n) is 8.01. The molecule has 0 aromatic carbocycles. The molecule has 0 aromatic rings. The van der Waals surface area contributed by atoms with Crippen molar-refractivity contribution in [3.05, 3.63) is 0 Å². The number of hydrogen-bond acceptors (Lipinski definition) is 2. The Morgan fingerprint density at radius 1 is 0.708 bits per heavy atom. The summed E-state index contributed by atoms with van der Waals surface area (Å²) in [5.41, 5.74) is -0.963. The highest BCUT2D eigenvalue weighted by atomic mass is 16.3. The van der Waals surface area contributed by atoms with Crippen molar-refractivity contribution in [2.75, 3.05) is 0 Å². The lowest BCUT2D eigenvalue weighted by molar-refractivity contribution is -0.140. The summed E-state index contributed by atoms with van der Waals surface area (Å²) in [5.74, 6) is 0.116. The van der Waals surface area contributed by atoms with Gasteiger partial charge in [0.05, 0.1) is 0 Å². The first-order valence-electron chi connectivity index (χ1n) is 10.9. The van der Waals surface area contributed by atoms with Gasteiger partial charge in [-0.3, -0.25) is 4.79 Å². The first-order chi connectivity index (χ1) is 11.7. The lowest BCUT2D eigenvalue weighted by Gasteiger charge is -2.30. The van der Waals surface area contributed by atoms with Gasteiger partial charge < -0.3 is 5.11 Å². The first-order valence-corrected chi connectivity index (χ1v) is 10.9. The van der Waals surface area contributed by atoms with Crippen molar-refractivity contribution in [1.29, 1.82) is 0 Å². The molecule has 0 aromatic heterocycles. The van der Waals surface area contributed by atoms with Crippen LogP contribution in [0.25, 0.3) is 0 Å². The number of carbonyl (C=O) groups excluding carboxylic acids is 1.